The Labute approximate surface area is 165 Å². The molecule has 4 rings (SSSR count). The Morgan fingerprint density at radius 3 is 2.64 bits per heavy atom. The summed E-state index contributed by atoms with van der Waals surface area (Å²) in [5.74, 6) is 0.152. The van der Waals surface area contributed by atoms with Gasteiger partial charge in [0.15, 0.2) is 5.16 Å². The highest BCUT2D eigenvalue weighted by molar-refractivity contribution is 7.98. The summed E-state index contributed by atoms with van der Waals surface area (Å²) in [4.78, 5) is 21.7. The van der Waals surface area contributed by atoms with Crippen molar-refractivity contribution in [3.8, 4) is 5.69 Å². The Bertz CT molecular complexity index is 1150. The summed E-state index contributed by atoms with van der Waals surface area (Å²) in [5, 5.41) is 3.56. The van der Waals surface area contributed by atoms with E-state index >= 15 is 0 Å². The van der Waals surface area contributed by atoms with Gasteiger partial charge in [-0.15, -0.1) is 0 Å². The van der Waals surface area contributed by atoms with Crippen LogP contribution in [0.25, 0.3) is 16.7 Å². The van der Waals surface area contributed by atoms with Crippen molar-refractivity contribution < 1.29 is 9.18 Å². The van der Waals surface area contributed by atoms with E-state index in [0.29, 0.717) is 16.5 Å². The number of carbonyl (C=O) groups excluding carboxylic acids is 1. The number of aryl methyl sites for hydroxylation is 1. The van der Waals surface area contributed by atoms with Crippen molar-refractivity contribution in [1.29, 1.82) is 0 Å². The van der Waals surface area contributed by atoms with Gasteiger partial charge in [-0.25, -0.2) is 14.4 Å². The first-order chi connectivity index (χ1) is 13.6. The van der Waals surface area contributed by atoms with Crippen LogP contribution in [0.1, 0.15) is 16.3 Å². The summed E-state index contributed by atoms with van der Waals surface area (Å²) in [6, 6.07) is 13.8. The number of hydrogen-bond donors (Lipinski definition) is 1. The topological polar surface area (TPSA) is 64.7 Å². The minimum atomic E-state index is -0.331. The molecule has 2 heterocycles. The van der Waals surface area contributed by atoms with Crippen molar-refractivity contribution in [2.45, 2.75) is 11.7 Å². The highest BCUT2D eigenvalue weighted by atomic mass is 32.2. The van der Waals surface area contributed by atoms with E-state index in [2.05, 4.69) is 15.3 Å². The minimum Gasteiger partial charge on any atom is -0.343 e. The fourth-order valence-corrected chi connectivity index (χ4v) is 3.63. The van der Waals surface area contributed by atoms with Crippen LogP contribution in [0.3, 0.4) is 0 Å². The summed E-state index contributed by atoms with van der Waals surface area (Å²) < 4.78 is 17.0. The molecule has 0 aliphatic carbocycles. The average molecular weight is 395 g/mol. The number of thioether (sulfide) groups is 1. The van der Waals surface area contributed by atoms with Crippen LogP contribution in [-0.4, -0.2) is 31.3 Å². The van der Waals surface area contributed by atoms with E-state index in [-0.39, 0.29) is 18.3 Å². The molecular formula is C20H18FN5OS. The zero-order valence-corrected chi connectivity index (χ0v) is 16.2. The molecule has 0 bridgehead atoms. The number of imidazole rings is 2. The number of nitrogens with one attached hydrogen (secondary N) is 1. The molecule has 1 amide bonds. The van der Waals surface area contributed by atoms with Crippen LogP contribution in [0.4, 0.5) is 4.39 Å². The highest BCUT2D eigenvalue weighted by Crippen LogP contribution is 2.22. The quantitative estimate of drug-likeness (QED) is 0.525. The van der Waals surface area contributed by atoms with Crippen LogP contribution < -0.4 is 5.32 Å². The second-order valence-corrected chi connectivity index (χ2v) is 6.97. The number of nitrogens with zero attached hydrogens (tertiary/aromatic N) is 4. The fraction of sp³-hybridized carbons (Fsp3) is 0.150. The van der Waals surface area contributed by atoms with Crippen LogP contribution in [-0.2, 0) is 13.6 Å². The maximum absolute atomic E-state index is 13.3. The minimum absolute atomic E-state index is 0.274. The molecule has 0 atom stereocenters. The lowest BCUT2D eigenvalue weighted by molar-refractivity contribution is 0.0942. The maximum atomic E-state index is 13.3. The van der Waals surface area contributed by atoms with Gasteiger partial charge in [0.05, 0.1) is 23.8 Å². The first-order valence-corrected chi connectivity index (χ1v) is 9.87. The molecule has 1 N–H and O–H groups in total. The molecule has 0 fully saturated rings. The number of para-hydroxylation sites is 2. The van der Waals surface area contributed by atoms with E-state index in [1.54, 1.807) is 16.7 Å². The molecule has 4 aromatic rings. The smallest absolute Gasteiger partial charge is 0.270 e. The summed E-state index contributed by atoms with van der Waals surface area (Å²) in [6.07, 6.45) is 3.41. The summed E-state index contributed by atoms with van der Waals surface area (Å²) >= 11 is 1.41. The second-order valence-electron chi connectivity index (χ2n) is 6.20. The van der Waals surface area contributed by atoms with Gasteiger partial charge in [0.1, 0.15) is 17.3 Å². The summed E-state index contributed by atoms with van der Waals surface area (Å²) in [6.45, 7) is 0.285. The van der Waals surface area contributed by atoms with Crippen LogP contribution >= 0.6 is 11.8 Å². The standard InChI is InChI=1S/C20H18FN5OS/c1-25-16-6-4-3-5-15(16)24-18(25)12-22-19(27)17-11-23-20(28-2)26(17)14-9-7-13(21)8-10-14/h3-11H,12H2,1-2H3,(H,22,27). The second kappa shape index (κ2) is 7.47. The highest BCUT2D eigenvalue weighted by Gasteiger charge is 2.18. The SMILES string of the molecule is CSc1ncc(C(=O)NCc2nc3ccccc3n2C)n1-c1ccc(F)cc1. The zero-order chi connectivity index (χ0) is 19.7. The monoisotopic (exact) mass is 395 g/mol. The number of fused-ring (bicyclic) bond motifs is 1. The third-order valence-electron chi connectivity index (χ3n) is 4.52. The number of hydrogen-bond acceptors (Lipinski definition) is 4. The molecule has 28 heavy (non-hydrogen) atoms. The lowest BCUT2D eigenvalue weighted by atomic mass is 10.3. The Balaban J connectivity index is 1.60. The molecule has 0 spiro atoms. The van der Waals surface area contributed by atoms with Crippen LogP contribution in [0, 0.1) is 5.82 Å². The summed E-state index contributed by atoms with van der Waals surface area (Å²) in [7, 11) is 1.92. The molecule has 2 aromatic heterocycles. The van der Waals surface area contributed by atoms with Crippen molar-refractivity contribution in [1.82, 2.24) is 24.4 Å². The predicted octanol–water partition coefficient (Wildman–Crippen LogP) is 3.55. The first kappa shape index (κ1) is 18.2. The Morgan fingerprint density at radius 2 is 1.93 bits per heavy atom. The van der Waals surface area contributed by atoms with Crippen molar-refractivity contribution in [3.05, 3.63) is 72.1 Å². The normalized spacial score (nSPS) is 11.1. The van der Waals surface area contributed by atoms with Crippen LogP contribution in [0.15, 0.2) is 59.9 Å². The Hall–Kier alpha value is -3.13. The van der Waals surface area contributed by atoms with Gasteiger partial charge in [-0.1, -0.05) is 23.9 Å². The van der Waals surface area contributed by atoms with Gasteiger partial charge in [-0.3, -0.25) is 9.36 Å². The number of rotatable bonds is 5. The molecule has 0 unspecified atom stereocenters. The predicted molar refractivity (Wildman–Crippen MR) is 107 cm³/mol. The number of benzene rings is 2. The zero-order valence-electron chi connectivity index (χ0n) is 15.4. The van der Waals surface area contributed by atoms with Crippen molar-refractivity contribution in [2.24, 2.45) is 7.05 Å². The van der Waals surface area contributed by atoms with E-state index < -0.39 is 0 Å². The van der Waals surface area contributed by atoms with Gasteiger partial charge < -0.3 is 9.88 Å². The lowest BCUT2D eigenvalue weighted by Gasteiger charge is -2.11. The lowest BCUT2D eigenvalue weighted by Crippen LogP contribution is -2.26. The Morgan fingerprint density at radius 1 is 1.18 bits per heavy atom. The van der Waals surface area contributed by atoms with Gasteiger partial charge >= 0.3 is 0 Å². The third kappa shape index (κ3) is 3.27. The molecule has 6 nitrogen and oxygen atoms in total. The Kier molecular flexibility index (Phi) is 4.87. The average Bonchev–Trinajstić information content (AvgIpc) is 3.28. The maximum Gasteiger partial charge on any atom is 0.270 e. The number of aromatic nitrogens is 4. The van der Waals surface area contributed by atoms with Gasteiger partial charge in [0, 0.05) is 12.7 Å². The largest absolute Gasteiger partial charge is 0.343 e. The van der Waals surface area contributed by atoms with Crippen LogP contribution in [0.2, 0.25) is 0 Å². The molecule has 0 aliphatic rings. The van der Waals surface area contributed by atoms with E-state index in [1.807, 2.05) is 42.1 Å². The molecule has 0 saturated carbocycles. The molecule has 2 aromatic carbocycles. The van der Waals surface area contributed by atoms with Crippen molar-refractivity contribution in [2.75, 3.05) is 6.26 Å². The van der Waals surface area contributed by atoms with Crippen molar-refractivity contribution in [3.63, 3.8) is 0 Å². The number of carbonyl (C=O) groups is 1. The number of amides is 1. The third-order valence-corrected chi connectivity index (χ3v) is 5.17. The van der Waals surface area contributed by atoms with E-state index in [1.165, 1.54) is 30.1 Å². The van der Waals surface area contributed by atoms with Gasteiger partial charge in [-0.05, 0) is 42.7 Å². The molecule has 8 heteroatoms. The molecule has 0 radical (unpaired) electrons. The van der Waals surface area contributed by atoms with Crippen LogP contribution in [0.5, 0.6) is 0 Å². The van der Waals surface area contributed by atoms with Crippen molar-refractivity contribution >= 4 is 28.7 Å². The number of halogens is 1. The van der Waals surface area contributed by atoms with Gasteiger partial charge in [0.2, 0.25) is 0 Å². The molecular weight excluding hydrogens is 377 g/mol. The van der Waals surface area contributed by atoms with Gasteiger partial charge in [-0.2, -0.15) is 0 Å². The van der Waals surface area contributed by atoms with E-state index in [0.717, 1.165) is 16.9 Å². The van der Waals surface area contributed by atoms with E-state index in [9.17, 15) is 9.18 Å². The van der Waals surface area contributed by atoms with Gasteiger partial charge in [0.25, 0.3) is 5.91 Å². The fourth-order valence-electron chi connectivity index (χ4n) is 3.08. The molecule has 0 aliphatic heterocycles. The molecule has 0 saturated heterocycles. The van der Waals surface area contributed by atoms with E-state index in [4.69, 9.17) is 0 Å². The molecule has 142 valence electrons. The summed E-state index contributed by atoms with van der Waals surface area (Å²) in [5.41, 5.74) is 2.95. The first-order valence-electron chi connectivity index (χ1n) is 8.64.